The molecule has 2 fully saturated rings. The number of benzene rings is 1. The largest absolute Gasteiger partial charge is 0.379 e. The third-order valence-corrected chi connectivity index (χ3v) is 6.19. The minimum atomic E-state index is 0.124. The highest BCUT2D eigenvalue weighted by atomic mass is 16.5. The molecular formula is C21H30N4O2. The van der Waals surface area contributed by atoms with Gasteiger partial charge >= 0.3 is 0 Å². The number of carbonyl (C=O) groups excluding carboxylic acids is 1. The topological polar surface area (TPSA) is 59.4 Å². The van der Waals surface area contributed by atoms with Crippen LogP contribution in [-0.4, -0.2) is 58.7 Å². The Morgan fingerprint density at radius 3 is 2.74 bits per heavy atom. The molecule has 1 aliphatic carbocycles. The van der Waals surface area contributed by atoms with Crippen LogP contribution >= 0.6 is 0 Å². The van der Waals surface area contributed by atoms with Crippen molar-refractivity contribution in [3.8, 4) is 0 Å². The van der Waals surface area contributed by atoms with E-state index in [0.717, 1.165) is 43.9 Å². The zero-order valence-electron chi connectivity index (χ0n) is 16.0. The van der Waals surface area contributed by atoms with Gasteiger partial charge in [0.15, 0.2) is 0 Å². The van der Waals surface area contributed by atoms with E-state index >= 15 is 0 Å². The lowest BCUT2D eigenvalue weighted by Gasteiger charge is -2.48. The molecule has 2 aliphatic rings. The van der Waals surface area contributed by atoms with E-state index in [1.807, 2.05) is 24.5 Å². The van der Waals surface area contributed by atoms with Gasteiger partial charge < -0.3 is 14.6 Å². The predicted molar refractivity (Wildman–Crippen MR) is 106 cm³/mol. The van der Waals surface area contributed by atoms with Crippen molar-refractivity contribution in [3.63, 3.8) is 0 Å². The molecule has 2 heterocycles. The lowest BCUT2D eigenvalue weighted by molar-refractivity contribution is -0.122. The SMILES string of the molecule is O=C(CCn1cnc2ccccc21)NCC1(N2CCOCC2)CCCCC1. The Bertz CT molecular complexity index is 760. The molecule has 0 spiro atoms. The maximum Gasteiger partial charge on any atom is 0.221 e. The third-order valence-electron chi connectivity index (χ3n) is 6.19. The molecule has 1 aliphatic heterocycles. The van der Waals surface area contributed by atoms with E-state index in [9.17, 15) is 4.79 Å². The molecule has 1 aromatic heterocycles. The van der Waals surface area contributed by atoms with Gasteiger partial charge in [0, 0.05) is 38.1 Å². The molecule has 1 N–H and O–H groups in total. The van der Waals surface area contributed by atoms with E-state index in [0.29, 0.717) is 13.0 Å². The number of ether oxygens (including phenoxy) is 1. The molecule has 1 saturated heterocycles. The number of para-hydroxylation sites is 2. The van der Waals surface area contributed by atoms with E-state index in [2.05, 4.69) is 25.8 Å². The Morgan fingerprint density at radius 2 is 1.93 bits per heavy atom. The second-order valence-corrected chi connectivity index (χ2v) is 7.84. The molecule has 4 rings (SSSR count). The van der Waals surface area contributed by atoms with Crippen LogP contribution < -0.4 is 5.32 Å². The van der Waals surface area contributed by atoms with Crippen LogP contribution in [-0.2, 0) is 16.1 Å². The molecule has 1 saturated carbocycles. The molecule has 6 heteroatoms. The number of fused-ring (bicyclic) bond motifs is 1. The van der Waals surface area contributed by atoms with Crippen LogP contribution in [0.1, 0.15) is 38.5 Å². The standard InChI is InChI=1S/C21H30N4O2/c26-20(8-11-24-17-23-18-6-2-3-7-19(18)24)22-16-21(9-4-1-5-10-21)25-12-14-27-15-13-25/h2-3,6-7,17H,1,4-5,8-16H2,(H,22,26). The normalized spacial score (nSPS) is 20.6. The number of nitrogens with zero attached hydrogens (tertiary/aromatic N) is 3. The summed E-state index contributed by atoms with van der Waals surface area (Å²) in [6.45, 7) is 5.01. The second-order valence-electron chi connectivity index (χ2n) is 7.84. The van der Waals surface area contributed by atoms with Gasteiger partial charge in [-0.1, -0.05) is 31.4 Å². The summed E-state index contributed by atoms with van der Waals surface area (Å²) in [4.78, 5) is 19.5. The van der Waals surface area contributed by atoms with Gasteiger partial charge in [-0.05, 0) is 25.0 Å². The number of nitrogens with one attached hydrogen (secondary N) is 1. The van der Waals surface area contributed by atoms with E-state index in [4.69, 9.17) is 4.74 Å². The minimum absolute atomic E-state index is 0.124. The van der Waals surface area contributed by atoms with Crippen LogP contribution in [0.3, 0.4) is 0 Å². The van der Waals surface area contributed by atoms with Crippen LogP contribution in [0.25, 0.3) is 11.0 Å². The summed E-state index contributed by atoms with van der Waals surface area (Å²) >= 11 is 0. The molecule has 6 nitrogen and oxygen atoms in total. The average Bonchev–Trinajstić information content (AvgIpc) is 3.15. The van der Waals surface area contributed by atoms with Crippen molar-refractivity contribution in [1.29, 1.82) is 0 Å². The fraction of sp³-hybridized carbons (Fsp3) is 0.619. The van der Waals surface area contributed by atoms with Crippen molar-refractivity contribution in [2.24, 2.45) is 0 Å². The Balaban J connectivity index is 1.34. The number of aryl methyl sites for hydroxylation is 1. The highest BCUT2D eigenvalue weighted by molar-refractivity contribution is 5.77. The molecule has 2 aromatic rings. The van der Waals surface area contributed by atoms with Gasteiger partial charge in [0.05, 0.1) is 30.6 Å². The zero-order chi connectivity index (χ0) is 18.5. The number of imidazole rings is 1. The summed E-state index contributed by atoms with van der Waals surface area (Å²) in [5, 5.41) is 3.25. The quantitative estimate of drug-likeness (QED) is 0.849. The molecule has 1 amide bonds. The van der Waals surface area contributed by atoms with Gasteiger partial charge in [0.25, 0.3) is 0 Å². The van der Waals surface area contributed by atoms with Gasteiger partial charge in [-0.3, -0.25) is 9.69 Å². The van der Waals surface area contributed by atoms with Crippen LogP contribution in [0.2, 0.25) is 0 Å². The summed E-state index contributed by atoms with van der Waals surface area (Å²) in [7, 11) is 0. The zero-order valence-corrected chi connectivity index (χ0v) is 16.0. The second kappa shape index (κ2) is 8.40. The van der Waals surface area contributed by atoms with E-state index in [1.54, 1.807) is 0 Å². The number of amides is 1. The molecule has 146 valence electrons. The smallest absolute Gasteiger partial charge is 0.221 e. The Kier molecular flexibility index (Phi) is 5.74. The van der Waals surface area contributed by atoms with E-state index < -0.39 is 0 Å². The Hall–Kier alpha value is -1.92. The maximum atomic E-state index is 12.6. The first-order chi connectivity index (χ1) is 13.3. The molecule has 1 aromatic carbocycles. The molecule has 0 bridgehead atoms. The highest BCUT2D eigenvalue weighted by Crippen LogP contribution is 2.33. The summed E-state index contributed by atoms with van der Waals surface area (Å²) < 4.78 is 7.60. The van der Waals surface area contributed by atoms with Gasteiger partial charge in [-0.15, -0.1) is 0 Å². The Morgan fingerprint density at radius 1 is 1.15 bits per heavy atom. The number of carbonyl (C=O) groups is 1. The van der Waals surface area contributed by atoms with Crippen molar-refractivity contribution in [3.05, 3.63) is 30.6 Å². The summed E-state index contributed by atoms with van der Waals surface area (Å²) in [6.07, 6.45) is 8.50. The lowest BCUT2D eigenvalue weighted by atomic mass is 9.79. The number of hydrogen-bond acceptors (Lipinski definition) is 4. The third kappa shape index (κ3) is 4.17. The predicted octanol–water partition coefficient (Wildman–Crippen LogP) is 2.58. The van der Waals surface area contributed by atoms with Crippen LogP contribution in [0.4, 0.5) is 0 Å². The van der Waals surface area contributed by atoms with E-state index in [1.165, 1.54) is 32.1 Å². The van der Waals surface area contributed by atoms with Gasteiger partial charge in [-0.25, -0.2) is 4.98 Å². The number of morpholine rings is 1. The average molecular weight is 370 g/mol. The fourth-order valence-corrected chi connectivity index (χ4v) is 4.61. The first kappa shape index (κ1) is 18.4. The minimum Gasteiger partial charge on any atom is -0.379 e. The van der Waals surface area contributed by atoms with Gasteiger partial charge in [0.2, 0.25) is 5.91 Å². The van der Waals surface area contributed by atoms with Crippen LogP contribution in [0, 0.1) is 0 Å². The number of aromatic nitrogens is 2. The van der Waals surface area contributed by atoms with Crippen molar-refractivity contribution in [2.75, 3.05) is 32.8 Å². The molecule has 0 unspecified atom stereocenters. The molecule has 0 radical (unpaired) electrons. The summed E-state index contributed by atoms with van der Waals surface area (Å²) in [5.41, 5.74) is 2.19. The maximum absolute atomic E-state index is 12.6. The van der Waals surface area contributed by atoms with Crippen molar-refractivity contribution in [1.82, 2.24) is 19.8 Å². The van der Waals surface area contributed by atoms with Crippen molar-refractivity contribution < 1.29 is 9.53 Å². The van der Waals surface area contributed by atoms with Crippen LogP contribution in [0.15, 0.2) is 30.6 Å². The first-order valence-electron chi connectivity index (χ1n) is 10.3. The van der Waals surface area contributed by atoms with Gasteiger partial charge in [0.1, 0.15) is 0 Å². The highest BCUT2D eigenvalue weighted by Gasteiger charge is 2.38. The lowest BCUT2D eigenvalue weighted by Crippen LogP contribution is -2.59. The van der Waals surface area contributed by atoms with Gasteiger partial charge in [-0.2, -0.15) is 0 Å². The molecule has 0 atom stereocenters. The van der Waals surface area contributed by atoms with E-state index in [-0.39, 0.29) is 11.4 Å². The molecular weight excluding hydrogens is 340 g/mol. The Labute approximate surface area is 160 Å². The van der Waals surface area contributed by atoms with Crippen LogP contribution in [0.5, 0.6) is 0 Å². The molecule has 27 heavy (non-hydrogen) atoms. The van der Waals surface area contributed by atoms with Crippen molar-refractivity contribution >= 4 is 16.9 Å². The fourth-order valence-electron chi connectivity index (χ4n) is 4.61. The monoisotopic (exact) mass is 370 g/mol. The first-order valence-corrected chi connectivity index (χ1v) is 10.3. The number of rotatable bonds is 6. The number of hydrogen-bond donors (Lipinski definition) is 1. The summed E-state index contributed by atoms with van der Waals surface area (Å²) in [5.74, 6) is 0.131. The van der Waals surface area contributed by atoms with Crippen molar-refractivity contribution in [2.45, 2.75) is 50.6 Å². The summed E-state index contributed by atoms with van der Waals surface area (Å²) in [6, 6.07) is 8.05.